The summed E-state index contributed by atoms with van der Waals surface area (Å²) in [6.45, 7) is 1.60. The molecule has 0 saturated carbocycles. The van der Waals surface area contributed by atoms with Crippen LogP contribution in [-0.2, 0) is 24.3 Å². The third-order valence-corrected chi connectivity index (χ3v) is 5.08. The number of carbonyl (C=O) groups is 1. The number of ether oxygens (including phenoxy) is 3. The highest BCUT2D eigenvalue weighted by Gasteiger charge is 2.26. The van der Waals surface area contributed by atoms with E-state index in [0.717, 1.165) is 35.4 Å². The predicted octanol–water partition coefficient (Wildman–Crippen LogP) is 2.16. The first kappa shape index (κ1) is 20.4. The monoisotopic (exact) mass is 419 g/mol. The number of pyridine rings is 1. The van der Waals surface area contributed by atoms with Crippen molar-refractivity contribution in [2.24, 2.45) is 0 Å². The van der Waals surface area contributed by atoms with Crippen LogP contribution in [0.5, 0.6) is 11.5 Å². The van der Waals surface area contributed by atoms with Gasteiger partial charge in [0.2, 0.25) is 0 Å². The molecule has 1 aliphatic rings. The van der Waals surface area contributed by atoms with Gasteiger partial charge in [-0.3, -0.25) is 0 Å². The molecule has 4 rings (SSSR count). The number of methoxy groups -OCH3 is 2. The van der Waals surface area contributed by atoms with Crippen molar-refractivity contribution in [3.8, 4) is 23.4 Å². The average molecular weight is 419 g/mol. The molecule has 0 unspecified atom stereocenters. The first-order valence-corrected chi connectivity index (χ1v) is 9.69. The number of aromatic nitrogens is 3. The minimum Gasteiger partial charge on any atom is -0.496 e. The Bertz CT molecular complexity index is 1170. The molecule has 9 nitrogen and oxygen atoms in total. The first-order valence-electron chi connectivity index (χ1n) is 9.69. The number of nitrogens with one attached hydrogen (secondary N) is 1. The van der Waals surface area contributed by atoms with Gasteiger partial charge in [-0.05, 0) is 24.6 Å². The Hall–Kier alpha value is -3.90. The molecule has 0 saturated heterocycles. The third kappa shape index (κ3) is 4.06. The second kappa shape index (κ2) is 8.85. The van der Waals surface area contributed by atoms with Gasteiger partial charge in [-0.1, -0.05) is 6.07 Å². The molecule has 1 aromatic carbocycles. The lowest BCUT2D eigenvalue weighted by Crippen LogP contribution is -2.17. The van der Waals surface area contributed by atoms with Crippen LogP contribution in [0.4, 0.5) is 0 Å². The molecule has 1 aliphatic heterocycles. The fraction of sp³-hybridized carbons (Fsp3) is 0.273. The van der Waals surface area contributed by atoms with Gasteiger partial charge < -0.3 is 19.5 Å². The van der Waals surface area contributed by atoms with Crippen molar-refractivity contribution in [1.29, 1.82) is 5.26 Å². The van der Waals surface area contributed by atoms with E-state index in [2.05, 4.69) is 15.4 Å². The number of nitriles is 1. The topological polar surface area (TPSA) is 111 Å². The molecule has 31 heavy (non-hydrogen) atoms. The highest BCUT2D eigenvalue weighted by molar-refractivity contribution is 5.94. The van der Waals surface area contributed by atoms with E-state index >= 15 is 0 Å². The van der Waals surface area contributed by atoms with Crippen molar-refractivity contribution >= 4 is 5.97 Å². The van der Waals surface area contributed by atoms with Crippen molar-refractivity contribution in [2.75, 3.05) is 20.8 Å². The molecular weight excluding hydrogens is 398 g/mol. The molecule has 0 amide bonds. The maximum absolute atomic E-state index is 11.7. The van der Waals surface area contributed by atoms with E-state index in [1.54, 1.807) is 30.1 Å². The number of carbonyl (C=O) groups excluding carboxylic acids is 1. The molecule has 9 heteroatoms. The van der Waals surface area contributed by atoms with Crippen molar-refractivity contribution in [3.63, 3.8) is 0 Å². The lowest BCUT2D eigenvalue weighted by atomic mass is 10.0. The van der Waals surface area contributed by atoms with Gasteiger partial charge in [0, 0.05) is 29.9 Å². The molecule has 1 N–H and O–H groups in total. The molecule has 3 heterocycles. The largest absolute Gasteiger partial charge is 0.496 e. The zero-order valence-corrected chi connectivity index (χ0v) is 17.2. The lowest BCUT2D eigenvalue weighted by Gasteiger charge is -2.12. The Kier molecular flexibility index (Phi) is 5.82. The van der Waals surface area contributed by atoms with Crippen LogP contribution in [0.15, 0.2) is 36.8 Å². The van der Waals surface area contributed by atoms with Gasteiger partial charge in [0.1, 0.15) is 29.7 Å². The van der Waals surface area contributed by atoms with Crippen LogP contribution in [0.2, 0.25) is 0 Å². The highest BCUT2D eigenvalue weighted by Crippen LogP contribution is 2.32. The summed E-state index contributed by atoms with van der Waals surface area (Å²) in [7, 11) is 3.12. The van der Waals surface area contributed by atoms with Crippen molar-refractivity contribution in [2.45, 2.75) is 19.6 Å². The summed E-state index contributed by atoms with van der Waals surface area (Å²) >= 11 is 0. The Morgan fingerprint density at radius 1 is 1.29 bits per heavy atom. The lowest BCUT2D eigenvalue weighted by molar-refractivity contribution is 0.0534. The van der Waals surface area contributed by atoms with E-state index in [-0.39, 0.29) is 12.6 Å². The fourth-order valence-corrected chi connectivity index (χ4v) is 3.51. The SMILES string of the molecule is COc1cc(-n2cc(CNCCc3ccc4c(c3OC)COC4=O)cn2)ncc1C#N. The molecule has 0 atom stereocenters. The molecule has 0 bridgehead atoms. The van der Waals surface area contributed by atoms with Gasteiger partial charge in [0.05, 0.1) is 32.2 Å². The van der Waals surface area contributed by atoms with E-state index in [1.165, 1.54) is 13.3 Å². The second-order valence-corrected chi connectivity index (χ2v) is 6.93. The summed E-state index contributed by atoms with van der Waals surface area (Å²) in [4.78, 5) is 16.0. The molecule has 158 valence electrons. The summed E-state index contributed by atoms with van der Waals surface area (Å²) in [5.41, 5.74) is 3.78. The van der Waals surface area contributed by atoms with Crippen LogP contribution >= 0.6 is 0 Å². The van der Waals surface area contributed by atoms with E-state index in [1.807, 2.05) is 18.3 Å². The number of esters is 1. The Morgan fingerprint density at radius 2 is 2.16 bits per heavy atom. The van der Waals surface area contributed by atoms with E-state index in [0.29, 0.717) is 29.2 Å². The van der Waals surface area contributed by atoms with E-state index in [9.17, 15) is 4.79 Å². The Balaban J connectivity index is 1.36. The minimum absolute atomic E-state index is 0.256. The molecule has 0 aliphatic carbocycles. The summed E-state index contributed by atoms with van der Waals surface area (Å²) in [6.07, 6.45) is 5.85. The number of benzene rings is 1. The van der Waals surface area contributed by atoms with Crippen molar-refractivity contribution < 1.29 is 19.0 Å². The molecule has 0 spiro atoms. The Morgan fingerprint density at radius 3 is 2.94 bits per heavy atom. The van der Waals surface area contributed by atoms with Gasteiger partial charge >= 0.3 is 5.97 Å². The number of rotatable bonds is 8. The average Bonchev–Trinajstić information content (AvgIpc) is 3.43. The van der Waals surface area contributed by atoms with Crippen LogP contribution in [0.25, 0.3) is 5.82 Å². The Labute approximate surface area is 179 Å². The molecule has 0 fully saturated rings. The molecule has 2 aromatic heterocycles. The number of cyclic esters (lactones) is 1. The number of hydrogen-bond donors (Lipinski definition) is 1. The quantitative estimate of drug-likeness (QED) is 0.437. The summed E-state index contributed by atoms with van der Waals surface area (Å²) in [5, 5.41) is 16.8. The molecule has 0 radical (unpaired) electrons. The first-order chi connectivity index (χ1) is 15.1. The normalized spacial score (nSPS) is 12.2. The standard InChI is InChI=1S/C22H21N5O4/c1-29-19-7-20(25-11-16(19)8-23)27-12-14(10-26-27)9-24-6-5-15-3-4-17-18(21(15)30-2)13-31-22(17)28/h3-4,7,10-12,24H,5-6,9,13H2,1-2H3. The number of nitrogens with zero attached hydrogens (tertiary/aromatic N) is 4. The van der Waals surface area contributed by atoms with E-state index in [4.69, 9.17) is 19.5 Å². The van der Waals surface area contributed by atoms with Crippen LogP contribution in [0.1, 0.15) is 32.6 Å². The van der Waals surface area contributed by atoms with Gasteiger partial charge in [0.25, 0.3) is 0 Å². The highest BCUT2D eigenvalue weighted by atomic mass is 16.5. The van der Waals surface area contributed by atoms with Crippen LogP contribution in [0, 0.1) is 11.3 Å². The number of fused-ring (bicyclic) bond motifs is 1. The van der Waals surface area contributed by atoms with Crippen molar-refractivity contribution in [1.82, 2.24) is 20.1 Å². The van der Waals surface area contributed by atoms with Gasteiger partial charge in [-0.2, -0.15) is 10.4 Å². The van der Waals surface area contributed by atoms with Gasteiger partial charge in [-0.15, -0.1) is 0 Å². The number of hydrogen-bond acceptors (Lipinski definition) is 8. The summed E-state index contributed by atoms with van der Waals surface area (Å²) in [5.74, 6) is 1.45. The zero-order chi connectivity index (χ0) is 21.8. The fourth-order valence-electron chi connectivity index (χ4n) is 3.51. The molecular formula is C22H21N5O4. The van der Waals surface area contributed by atoms with Crippen LogP contribution in [-0.4, -0.2) is 41.5 Å². The van der Waals surface area contributed by atoms with Crippen LogP contribution in [0.3, 0.4) is 0 Å². The van der Waals surface area contributed by atoms with E-state index < -0.39 is 0 Å². The zero-order valence-electron chi connectivity index (χ0n) is 17.2. The summed E-state index contributed by atoms with van der Waals surface area (Å²) < 4.78 is 17.5. The maximum atomic E-state index is 11.7. The third-order valence-electron chi connectivity index (χ3n) is 5.08. The second-order valence-electron chi connectivity index (χ2n) is 6.93. The summed E-state index contributed by atoms with van der Waals surface area (Å²) in [6, 6.07) is 7.43. The van der Waals surface area contributed by atoms with Crippen LogP contribution < -0.4 is 14.8 Å². The predicted molar refractivity (Wildman–Crippen MR) is 110 cm³/mol. The molecule has 3 aromatic rings. The smallest absolute Gasteiger partial charge is 0.339 e. The van der Waals surface area contributed by atoms with Gasteiger partial charge in [-0.25, -0.2) is 14.5 Å². The minimum atomic E-state index is -0.302. The van der Waals surface area contributed by atoms with Crippen molar-refractivity contribution in [3.05, 3.63) is 64.6 Å². The van der Waals surface area contributed by atoms with Gasteiger partial charge in [0.15, 0.2) is 5.82 Å². The maximum Gasteiger partial charge on any atom is 0.339 e.